The van der Waals surface area contributed by atoms with Crippen LogP contribution in [-0.4, -0.2) is 64.0 Å². The summed E-state index contributed by atoms with van der Waals surface area (Å²) < 4.78 is 11.2. The van der Waals surface area contributed by atoms with Crippen LogP contribution >= 0.6 is 0 Å². The van der Waals surface area contributed by atoms with Crippen molar-refractivity contribution in [2.75, 3.05) is 53.1 Å². The van der Waals surface area contributed by atoms with Gasteiger partial charge in [0.1, 0.15) is 0 Å². The first-order chi connectivity index (χ1) is 15.8. The zero-order valence-corrected chi connectivity index (χ0v) is 19.2. The fraction of sp³-hybridized carbons (Fsp3) is 0.500. The molecular weight excluding hydrogens is 400 g/mol. The Balaban J connectivity index is 1.37. The number of nitrogens with one attached hydrogen (secondary N) is 2. The van der Waals surface area contributed by atoms with Crippen molar-refractivity contribution < 1.29 is 9.47 Å². The van der Waals surface area contributed by atoms with Crippen LogP contribution < -0.4 is 10.6 Å². The molecule has 172 valence electrons. The number of hydrogen-bond acceptors (Lipinski definition) is 4. The zero-order chi connectivity index (χ0) is 22.1. The zero-order valence-electron chi connectivity index (χ0n) is 19.2. The maximum Gasteiger partial charge on any atom is 0.191 e. The number of benzene rings is 2. The lowest BCUT2D eigenvalue weighted by Crippen LogP contribution is -2.48. The van der Waals surface area contributed by atoms with Gasteiger partial charge in [0, 0.05) is 58.4 Å². The van der Waals surface area contributed by atoms with Crippen molar-refractivity contribution in [3.05, 3.63) is 71.3 Å². The summed E-state index contributed by atoms with van der Waals surface area (Å²) in [5.41, 5.74) is 4.13. The molecule has 0 atom stereocenters. The van der Waals surface area contributed by atoms with Crippen LogP contribution in [0.15, 0.2) is 59.6 Å². The lowest BCUT2D eigenvalue weighted by atomic mass is 9.74. The first kappa shape index (κ1) is 22.8. The average molecular weight is 437 g/mol. The number of guanidine groups is 1. The molecule has 0 saturated carbocycles. The molecule has 32 heavy (non-hydrogen) atoms. The molecule has 2 saturated heterocycles. The van der Waals surface area contributed by atoms with Crippen molar-refractivity contribution in [2.24, 2.45) is 4.99 Å². The highest BCUT2D eigenvalue weighted by Gasteiger charge is 2.34. The van der Waals surface area contributed by atoms with Crippen molar-refractivity contribution in [3.8, 4) is 0 Å². The highest BCUT2D eigenvalue weighted by atomic mass is 16.5. The minimum Gasteiger partial charge on any atom is -0.381 e. The Morgan fingerprint density at radius 1 is 0.875 bits per heavy atom. The molecule has 0 unspecified atom stereocenters. The summed E-state index contributed by atoms with van der Waals surface area (Å²) in [6.45, 7) is 7.80. The van der Waals surface area contributed by atoms with Crippen molar-refractivity contribution >= 4 is 5.96 Å². The normalized spacial score (nSPS) is 19.5. The highest BCUT2D eigenvalue weighted by molar-refractivity contribution is 5.79. The van der Waals surface area contributed by atoms with Gasteiger partial charge in [-0.3, -0.25) is 9.89 Å². The fourth-order valence-corrected chi connectivity index (χ4v) is 4.66. The van der Waals surface area contributed by atoms with Gasteiger partial charge in [-0.2, -0.15) is 0 Å². The molecule has 2 aliphatic rings. The number of ether oxygens (including phenoxy) is 2. The standard InChI is InChI=1S/C26H36N4O2/c1-27-25(29-21-26(11-15-31-16-12-26)24-9-3-2-4-10-24)28-19-22-7-5-6-8-23(22)20-30-13-17-32-18-14-30/h2-10H,11-21H2,1H3,(H2,27,28,29). The quantitative estimate of drug-likeness (QED) is 0.516. The molecule has 2 aromatic carbocycles. The second-order valence-electron chi connectivity index (χ2n) is 8.70. The van der Waals surface area contributed by atoms with Crippen LogP contribution in [0.5, 0.6) is 0 Å². The molecule has 0 aliphatic carbocycles. The van der Waals surface area contributed by atoms with Crippen molar-refractivity contribution in [2.45, 2.75) is 31.3 Å². The third kappa shape index (κ3) is 5.88. The Morgan fingerprint density at radius 3 is 2.25 bits per heavy atom. The van der Waals surface area contributed by atoms with E-state index in [1.54, 1.807) is 0 Å². The van der Waals surface area contributed by atoms with Gasteiger partial charge in [0.05, 0.1) is 13.2 Å². The summed E-state index contributed by atoms with van der Waals surface area (Å²) in [7, 11) is 1.84. The van der Waals surface area contributed by atoms with E-state index in [1.807, 2.05) is 7.05 Å². The summed E-state index contributed by atoms with van der Waals surface area (Å²) in [6.07, 6.45) is 2.03. The summed E-state index contributed by atoms with van der Waals surface area (Å²) in [5, 5.41) is 7.14. The van der Waals surface area contributed by atoms with Gasteiger partial charge in [-0.25, -0.2) is 0 Å². The molecule has 0 bridgehead atoms. The molecule has 6 heteroatoms. The predicted octanol–water partition coefficient (Wildman–Crippen LogP) is 2.93. The third-order valence-electron chi connectivity index (χ3n) is 6.72. The molecule has 2 aliphatic heterocycles. The van der Waals surface area contributed by atoms with Crippen LogP contribution in [0, 0.1) is 0 Å². The summed E-state index contributed by atoms with van der Waals surface area (Å²) in [4.78, 5) is 6.96. The Bertz CT molecular complexity index is 859. The van der Waals surface area contributed by atoms with Gasteiger partial charge in [-0.05, 0) is 29.5 Å². The van der Waals surface area contributed by atoms with Gasteiger partial charge in [-0.1, -0.05) is 54.6 Å². The second-order valence-corrected chi connectivity index (χ2v) is 8.70. The molecule has 2 heterocycles. The van der Waals surface area contributed by atoms with Crippen LogP contribution in [0.2, 0.25) is 0 Å². The van der Waals surface area contributed by atoms with Gasteiger partial charge < -0.3 is 20.1 Å². The molecule has 0 spiro atoms. The predicted molar refractivity (Wildman–Crippen MR) is 129 cm³/mol. The van der Waals surface area contributed by atoms with Crippen molar-refractivity contribution in [1.82, 2.24) is 15.5 Å². The van der Waals surface area contributed by atoms with Crippen LogP contribution in [0.3, 0.4) is 0 Å². The van der Waals surface area contributed by atoms with Crippen LogP contribution in [-0.2, 0) is 28.0 Å². The first-order valence-electron chi connectivity index (χ1n) is 11.7. The van der Waals surface area contributed by atoms with E-state index >= 15 is 0 Å². The molecule has 2 aromatic rings. The molecule has 0 amide bonds. The van der Waals surface area contributed by atoms with E-state index in [0.717, 1.165) is 78.0 Å². The fourth-order valence-electron chi connectivity index (χ4n) is 4.66. The molecule has 2 fully saturated rings. The van der Waals surface area contributed by atoms with E-state index in [1.165, 1.54) is 16.7 Å². The number of aliphatic imine (C=N–C) groups is 1. The van der Waals surface area contributed by atoms with Crippen molar-refractivity contribution in [1.29, 1.82) is 0 Å². The van der Waals surface area contributed by atoms with E-state index < -0.39 is 0 Å². The number of hydrogen-bond donors (Lipinski definition) is 2. The van der Waals surface area contributed by atoms with E-state index in [-0.39, 0.29) is 5.41 Å². The Kier molecular flexibility index (Phi) is 8.15. The highest BCUT2D eigenvalue weighted by Crippen LogP contribution is 2.34. The SMILES string of the molecule is CN=C(NCc1ccccc1CN1CCOCC1)NCC1(c2ccccc2)CCOCC1. The Labute approximate surface area is 192 Å². The summed E-state index contributed by atoms with van der Waals surface area (Å²) >= 11 is 0. The second kappa shape index (κ2) is 11.5. The number of morpholine rings is 1. The maximum atomic E-state index is 5.67. The van der Waals surface area contributed by atoms with Gasteiger partial charge in [0.15, 0.2) is 5.96 Å². The number of nitrogens with zero attached hydrogens (tertiary/aromatic N) is 2. The molecular formula is C26H36N4O2. The summed E-state index contributed by atoms with van der Waals surface area (Å²) in [5.74, 6) is 0.841. The smallest absolute Gasteiger partial charge is 0.191 e. The Morgan fingerprint density at radius 2 is 1.53 bits per heavy atom. The molecule has 0 aromatic heterocycles. The largest absolute Gasteiger partial charge is 0.381 e. The average Bonchev–Trinajstić information content (AvgIpc) is 2.87. The minimum absolute atomic E-state index is 0.0748. The molecule has 6 nitrogen and oxygen atoms in total. The van der Waals surface area contributed by atoms with Crippen LogP contribution in [0.4, 0.5) is 0 Å². The van der Waals surface area contributed by atoms with E-state index in [0.29, 0.717) is 0 Å². The summed E-state index contributed by atoms with van der Waals surface area (Å²) in [6, 6.07) is 19.5. The minimum atomic E-state index is 0.0748. The topological polar surface area (TPSA) is 58.1 Å². The lowest BCUT2D eigenvalue weighted by Gasteiger charge is -2.38. The molecule has 0 radical (unpaired) electrons. The van der Waals surface area contributed by atoms with Gasteiger partial charge in [-0.15, -0.1) is 0 Å². The van der Waals surface area contributed by atoms with E-state index in [2.05, 4.69) is 75.1 Å². The lowest BCUT2D eigenvalue weighted by molar-refractivity contribution is 0.0341. The van der Waals surface area contributed by atoms with Crippen LogP contribution in [0.25, 0.3) is 0 Å². The van der Waals surface area contributed by atoms with Gasteiger partial charge in [0.25, 0.3) is 0 Å². The molecule has 4 rings (SSSR count). The maximum absolute atomic E-state index is 5.67. The molecule has 2 N–H and O–H groups in total. The Hall–Kier alpha value is -2.41. The van der Waals surface area contributed by atoms with Gasteiger partial charge in [0.2, 0.25) is 0 Å². The van der Waals surface area contributed by atoms with E-state index in [9.17, 15) is 0 Å². The monoisotopic (exact) mass is 436 g/mol. The van der Waals surface area contributed by atoms with Gasteiger partial charge >= 0.3 is 0 Å². The van der Waals surface area contributed by atoms with E-state index in [4.69, 9.17) is 9.47 Å². The van der Waals surface area contributed by atoms with Crippen molar-refractivity contribution in [3.63, 3.8) is 0 Å². The van der Waals surface area contributed by atoms with Crippen LogP contribution in [0.1, 0.15) is 29.5 Å². The number of rotatable bonds is 7. The first-order valence-corrected chi connectivity index (χ1v) is 11.7. The third-order valence-corrected chi connectivity index (χ3v) is 6.72.